The van der Waals surface area contributed by atoms with Gasteiger partial charge in [-0.25, -0.2) is 9.97 Å². The van der Waals surface area contributed by atoms with E-state index in [1.165, 1.54) is 6.33 Å². The van der Waals surface area contributed by atoms with Crippen LogP contribution in [0.5, 0.6) is 0 Å². The molecule has 0 aliphatic heterocycles. The van der Waals surface area contributed by atoms with Crippen LogP contribution in [0.3, 0.4) is 0 Å². The summed E-state index contributed by atoms with van der Waals surface area (Å²) in [4.78, 5) is 12.2. The van der Waals surface area contributed by atoms with Gasteiger partial charge in [-0.2, -0.15) is 4.98 Å². The first-order valence-electron chi connectivity index (χ1n) is 5.69. The highest BCUT2D eigenvalue weighted by atomic mass is 16.5. The second-order valence-corrected chi connectivity index (χ2v) is 3.71. The first-order valence-corrected chi connectivity index (χ1v) is 5.69. The molecule has 2 aromatic rings. The van der Waals surface area contributed by atoms with Crippen molar-refractivity contribution in [2.75, 3.05) is 6.54 Å². The van der Waals surface area contributed by atoms with E-state index >= 15 is 0 Å². The highest BCUT2D eigenvalue weighted by Crippen LogP contribution is 2.12. The summed E-state index contributed by atoms with van der Waals surface area (Å²) in [6.45, 7) is 0.732. The van der Waals surface area contributed by atoms with Crippen molar-refractivity contribution >= 4 is 0 Å². The molecule has 0 aromatic carbocycles. The van der Waals surface area contributed by atoms with Crippen LogP contribution in [-0.4, -0.2) is 26.7 Å². The normalized spacial score (nSPS) is 10.6. The summed E-state index contributed by atoms with van der Waals surface area (Å²) in [5.74, 6) is 1.16. The Bertz CT molecular complexity index is 442. The molecule has 2 rings (SSSR count). The lowest BCUT2D eigenvalue weighted by Crippen LogP contribution is -1.98. The van der Waals surface area contributed by atoms with Gasteiger partial charge < -0.3 is 10.3 Å². The summed E-state index contributed by atoms with van der Waals surface area (Å²) in [5.41, 5.74) is 6.10. The average molecular weight is 233 g/mol. The predicted octanol–water partition coefficient (Wildman–Crippen LogP) is 1.20. The van der Waals surface area contributed by atoms with Crippen LogP contribution in [0, 0.1) is 0 Å². The molecule has 2 aromatic heterocycles. The number of hydrogen-bond donors (Lipinski definition) is 1. The van der Waals surface area contributed by atoms with Crippen molar-refractivity contribution in [2.45, 2.75) is 25.7 Å². The number of unbranched alkanes of at least 4 members (excludes halogenated alkanes) is 2. The van der Waals surface area contributed by atoms with E-state index in [1.54, 1.807) is 12.3 Å². The lowest BCUT2D eigenvalue weighted by Gasteiger charge is -1.94. The number of hydrogen-bond acceptors (Lipinski definition) is 6. The van der Waals surface area contributed by atoms with E-state index in [0.29, 0.717) is 17.4 Å². The highest BCUT2D eigenvalue weighted by Gasteiger charge is 2.08. The third kappa shape index (κ3) is 3.32. The first kappa shape index (κ1) is 11.7. The number of aryl methyl sites for hydroxylation is 1. The summed E-state index contributed by atoms with van der Waals surface area (Å²) in [6.07, 6.45) is 7.04. The average Bonchev–Trinajstić information content (AvgIpc) is 2.85. The maximum atomic E-state index is 5.42. The predicted molar refractivity (Wildman–Crippen MR) is 61.9 cm³/mol. The third-order valence-electron chi connectivity index (χ3n) is 2.37. The minimum absolute atomic E-state index is 0.515. The highest BCUT2D eigenvalue weighted by molar-refractivity contribution is 5.46. The van der Waals surface area contributed by atoms with Gasteiger partial charge in [0.15, 0.2) is 0 Å². The molecule has 90 valence electrons. The minimum atomic E-state index is 0.515. The fourth-order valence-electron chi connectivity index (χ4n) is 1.48. The van der Waals surface area contributed by atoms with Crippen molar-refractivity contribution in [1.82, 2.24) is 20.1 Å². The van der Waals surface area contributed by atoms with Crippen molar-refractivity contribution in [3.8, 4) is 11.5 Å². The van der Waals surface area contributed by atoms with Gasteiger partial charge in [0.1, 0.15) is 12.0 Å². The molecule has 0 saturated carbocycles. The van der Waals surface area contributed by atoms with Gasteiger partial charge in [-0.05, 0) is 25.5 Å². The van der Waals surface area contributed by atoms with Crippen molar-refractivity contribution in [2.24, 2.45) is 5.73 Å². The first-order chi connectivity index (χ1) is 8.40. The Morgan fingerprint density at radius 2 is 2.18 bits per heavy atom. The summed E-state index contributed by atoms with van der Waals surface area (Å²) >= 11 is 0. The Morgan fingerprint density at radius 3 is 2.94 bits per heavy atom. The molecule has 2 heterocycles. The summed E-state index contributed by atoms with van der Waals surface area (Å²) < 4.78 is 5.15. The maximum Gasteiger partial charge on any atom is 0.227 e. The molecule has 0 fully saturated rings. The van der Waals surface area contributed by atoms with Crippen LogP contribution in [0.25, 0.3) is 11.5 Å². The molecule has 0 aliphatic carbocycles. The van der Waals surface area contributed by atoms with Crippen molar-refractivity contribution in [3.05, 3.63) is 24.5 Å². The van der Waals surface area contributed by atoms with Gasteiger partial charge in [0.25, 0.3) is 0 Å². The second-order valence-electron chi connectivity index (χ2n) is 3.71. The monoisotopic (exact) mass is 233 g/mol. The van der Waals surface area contributed by atoms with Crippen LogP contribution in [0.2, 0.25) is 0 Å². The number of rotatable bonds is 6. The van der Waals surface area contributed by atoms with E-state index in [1.807, 2.05) is 0 Å². The Kier molecular flexibility index (Phi) is 4.15. The summed E-state index contributed by atoms with van der Waals surface area (Å²) in [5, 5.41) is 3.88. The van der Waals surface area contributed by atoms with Gasteiger partial charge in [-0.3, -0.25) is 0 Å². The zero-order chi connectivity index (χ0) is 11.9. The molecule has 0 saturated heterocycles. The van der Waals surface area contributed by atoms with E-state index in [4.69, 9.17) is 10.3 Å². The molecule has 0 spiro atoms. The largest absolute Gasteiger partial charge is 0.339 e. The summed E-state index contributed by atoms with van der Waals surface area (Å²) in [6, 6.07) is 1.75. The van der Waals surface area contributed by atoms with Crippen molar-refractivity contribution in [3.63, 3.8) is 0 Å². The van der Waals surface area contributed by atoms with Gasteiger partial charge >= 0.3 is 0 Å². The van der Waals surface area contributed by atoms with Gasteiger partial charge in [0, 0.05) is 12.6 Å². The fourth-order valence-corrected chi connectivity index (χ4v) is 1.48. The van der Waals surface area contributed by atoms with Crippen LogP contribution in [0.15, 0.2) is 23.1 Å². The number of aromatic nitrogens is 4. The van der Waals surface area contributed by atoms with Gasteiger partial charge in [-0.15, -0.1) is 0 Å². The zero-order valence-corrected chi connectivity index (χ0v) is 9.54. The standard InChI is InChI=1S/C11H15N5O/c12-6-3-1-2-4-10-15-11(16-17-10)9-5-7-13-8-14-9/h5,7-8H,1-4,6,12H2. The van der Waals surface area contributed by atoms with E-state index < -0.39 is 0 Å². The van der Waals surface area contributed by atoms with Crippen LogP contribution < -0.4 is 5.73 Å². The number of nitrogens with zero attached hydrogens (tertiary/aromatic N) is 4. The third-order valence-corrected chi connectivity index (χ3v) is 2.37. The summed E-state index contributed by atoms with van der Waals surface area (Å²) in [7, 11) is 0. The lowest BCUT2D eigenvalue weighted by molar-refractivity contribution is 0.374. The van der Waals surface area contributed by atoms with E-state index in [2.05, 4.69) is 20.1 Å². The van der Waals surface area contributed by atoms with E-state index in [-0.39, 0.29) is 0 Å². The Morgan fingerprint density at radius 1 is 1.24 bits per heavy atom. The molecule has 17 heavy (non-hydrogen) atoms. The van der Waals surface area contributed by atoms with E-state index in [0.717, 1.165) is 32.2 Å². The Balaban J connectivity index is 1.92. The molecule has 0 unspecified atom stereocenters. The topological polar surface area (TPSA) is 90.7 Å². The van der Waals surface area contributed by atoms with Gasteiger partial charge in [-0.1, -0.05) is 11.6 Å². The molecular weight excluding hydrogens is 218 g/mol. The molecule has 0 amide bonds. The zero-order valence-electron chi connectivity index (χ0n) is 9.54. The molecule has 0 aliphatic rings. The quantitative estimate of drug-likeness (QED) is 0.754. The molecule has 0 bridgehead atoms. The smallest absolute Gasteiger partial charge is 0.227 e. The lowest BCUT2D eigenvalue weighted by atomic mass is 10.2. The van der Waals surface area contributed by atoms with Crippen LogP contribution >= 0.6 is 0 Å². The van der Waals surface area contributed by atoms with Crippen LogP contribution in [-0.2, 0) is 6.42 Å². The molecule has 0 radical (unpaired) electrons. The Labute approximate surface area is 99.3 Å². The van der Waals surface area contributed by atoms with Crippen LogP contribution in [0.1, 0.15) is 25.2 Å². The second kappa shape index (κ2) is 6.05. The molecule has 6 nitrogen and oxygen atoms in total. The maximum absolute atomic E-state index is 5.42. The van der Waals surface area contributed by atoms with E-state index in [9.17, 15) is 0 Å². The molecule has 6 heteroatoms. The fraction of sp³-hybridized carbons (Fsp3) is 0.455. The molecule has 2 N–H and O–H groups in total. The van der Waals surface area contributed by atoms with Crippen molar-refractivity contribution < 1.29 is 4.52 Å². The van der Waals surface area contributed by atoms with Gasteiger partial charge in [0.2, 0.25) is 11.7 Å². The van der Waals surface area contributed by atoms with Crippen molar-refractivity contribution in [1.29, 1.82) is 0 Å². The van der Waals surface area contributed by atoms with Gasteiger partial charge in [0.05, 0.1) is 0 Å². The minimum Gasteiger partial charge on any atom is -0.339 e. The molecular formula is C11H15N5O. The SMILES string of the molecule is NCCCCCc1nc(-c2ccncn2)no1. The molecule has 0 atom stereocenters. The Hall–Kier alpha value is -1.82. The number of nitrogens with two attached hydrogens (primary N) is 1. The van der Waals surface area contributed by atoms with Crippen LogP contribution in [0.4, 0.5) is 0 Å².